The van der Waals surface area contributed by atoms with Crippen molar-refractivity contribution in [3.63, 3.8) is 0 Å². The highest BCUT2D eigenvalue weighted by Gasteiger charge is 2.16. The molecule has 1 heterocycles. The van der Waals surface area contributed by atoms with Crippen LogP contribution in [0.5, 0.6) is 0 Å². The molecule has 3 aromatic rings. The van der Waals surface area contributed by atoms with Crippen LogP contribution in [0.3, 0.4) is 0 Å². The summed E-state index contributed by atoms with van der Waals surface area (Å²) >= 11 is 0. The van der Waals surface area contributed by atoms with Gasteiger partial charge in [-0.3, -0.25) is 4.79 Å². The van der Waals surface area contributed by atoms with E-state index in [4.69, 9.17) is 0 Å². The number of carboxylic acid groups (broad SMARTS) is 1. The molecule has 0 saturated carbocycles. The third kappa shape index (κ3) is 3.67. The first-order valence-corrected chi connectivity index (χ1v) is 8.63. The molecule has 26 heavy (non-hydrogen) atoms. The fourth-order valence-corrected chi connectivity index (χ4v) is 2.70. The first kappa shape index (κ1) is 17.9. The van der Waals surface area contributed by atoms with Crippen LogP contribution in [0.25, 0.3) is 22.3 Å². The summed E-state index contributed by atoms with van der Waals surface area (Å²) in [6.07, 6.45) is 0. The van der Waals surface area contributed by atoms with E-state index in [2.05, 4.69) is 48.2 Å². The predicted molar refractivity (Wildman–Crippen MR) is 104 cm³/mol. The highest BCUT2D eigenvalue weighted by molar-refractivity contribution is 5.92. The van der Waals surface area contributed by atoms with Crippen LogP contribution in [0.4, 0.5) is 5.82 Å². The Hall–Kier alpha value is -2.95. The average Bonchev–Trinajstić information content (AvgIpc) is 2.61. The molecule has 0 amide bonds. The van der Waals surface area contributed by atoms with Gasteiger partial charge in [0.15, 0.2) is 5.82 Å². The van der Waals surface area contributed by atoms with Crippen molar-refractivity contribution in [2.75, 3.05) is 5.32 Å². The minimum atomic E-state index is -0.927. The van der Waals surface area contributed by atoms with Gasteiger partial charge >= 0.3 is 5.97 Å². The van der Waals surface area contributed by atoms with Crippen LogP contribution in [0.2, 0.25) is 0 Å². The summed E-state index contributed by atoms with van der Waals surface area (Å²) in [7, 11) is 0. The number of aromatic nitrogens is 2. The molecule has 5 heteroatoms. The van der Waals surface area contributed by atoms with E-state index in [1.54, 1.807) is 6.92 Å². The Morgan fingerprint density at radius 1 is 1.04 bits per heavy atom. The van der Waals surface area contributed by atoms with Crippen molar-refractivity contribution in [3.8, 4) is 11.4 Å². The third-order valence-corrected chi connectivity index (χ3v) is 4.34. The fourth-order valence-electron chi connectivity index (χ4n) is 2.70. The van der Waals surface area contributed by atoms with E-state index in [1.807, 2.05) is 36.4 Å². The number of hydrogen-bond acceptors (Lipinski definition) is 4. The Bertz CT molecular complexity index is 944. The molecular weight excluding hydrogens is 326 g/mol. The molecule has 0 radical (unpaired) electrons. The summed E-state index contributed by atoms with van der Waals surface area (Å²) < 4.78 is 0. The van der Waals surface area contributed by atoms with Gasteiger partial charge in [-0.15, -0.1) is 0 Å². The highest BCUT2D eigenvalue weighted by Crippen LogP contribution is 2.28. The lowest BCUT2D eigenvalue weighted by atomic mass is 9.87. The van der Waals surface area contributed by atoms with Crippen molar-refractivity contribution in [1.29, 1.82) is 0 Å². The molecule has 0 unspecified atom stereocenters. The maximum absolute atomic E-state index is 11.2. The minimum absolute atomic E-state index is 0.0758. The maximum atomic E-state index is 11.2. The number of carboxylic acids is 1. The molecule has 3 rings (SSSR count). The normalized spacial score (nSPS) is 12.8. The van der Waals surface area contributed by atoms with Gasteiger partial charge in [0.1, 0.15) is 11.9 Å². The second kappa shape index (κ2) is 6.75. The monoisotopic (exact) mass is 349 g/mol. The topological polar surface area (TPSA) is 75.1 Å². The molecule has 5 nitrogen and oxygen atoms in total. The van der Waals surface area contributed by atoms with Crippen molar-refractivity contribution in [2.45, 2.75) is 39.2 Å². The van der Waals surface area contributed by atoms with Crippen LogP contribution in [0.1, 0.15) is 33.3 Å². The number of hydrogen-bond donors (Lipinski definition) is 2. The summed E-state index contributed by atoms with van der Waals surface area (Å²) in [5, 5.41) is 13.0. The maximum Gasteiger partial charge on any atom is 0.325 e. The summed E-state index contributed by atoms with van der Waals surface area (Å²) in [6, 6.07) is 15.0. The SMILES string of the molecule is C[C@@H](Nc1nc(-c2ccc(C(C)(C)C)cc2)nc2ccccc12)C(=O)O. The van der Waals surface area contributed by atoms with E-state index >= 15 is 0 Å². The molecule has 2 aromatic carbocycles. The lowest BCUT2D eigenvalue weighted by Crippen LogP contribution is -2.26. The van der Waals surface area contributed by atoms with E-state index in [0.717, 1.165) is 16.5 Å². The van der Waals surface area contributed by atoms with Crippen LogP contribution in [-0.4, -0.2) is 27.1 Å². The number of carbonyl (C=O) groups is 1. The Morgan fingerprint density at radius 2 is 1.69 bits per heavy atom. The van der Waals surface area contributed by atoms with E-state index in [-0.39, 0.29) is 5.41 Å². The predicted octanol–water partition coefficient (Wildman–Crippen LogP) is 4.48. The van der Waals surface area contributed by atoms with Gasteiger partial charge in [0.05, 0.1) is 5.52 Å². The molecule has 1 aromatic heterocycles. The van der Waals surface area contributed by atoms with Gasteiger partial charge in [0, 0.05) is 10.9 Å². The molecule has 0 fully saturated rings. The van der Waals surface area contributed by atoms with Crippen LogP contribution < -0.4 is 5.32 Å². The van der Waals surface area contributed by atoms with E-state index < -0.39 is 12.0 Å². The number of benzene rings is 2. The smallest absolute Gasteiger partial charge is 0.325 e. The van der Waals surface area contributed by atoms with Crippen molar-refractivity contribution < 1.29 is 9.90 Å². The quantitative estimate of drug-likeness (QED) is 0.726. The van der Waals surface area contributed by atoms with Crippen LogP contribution >= 0.6 is 0 Å². The number of nitrogens with one attached hydrogen (secondary N) is 1. The zero-order valence-corrected chi connectivity index (χ0v) is 15.4. The Labute approximate surface area is 153 Å². The lowest BCUT2D eigenvalue weighted by molar-refractivity contribution is -0.137. The molecule has 0 bridgehead atoms. The van der Waals surface area contributed by atoms with Crippen LogP contribution in [0, 0.1) is 0 Å². The van der Waals surface area contributed by atoms with Crippen LogP contribution in [-0.2, 0) is 10.2 Å². The van der Waals surface area contributed by atoms with Gasteiger partial charge < -0.3 is 10.4 Å². The molecule has 0 spiro atoms. The second-order valence-electron chi connectivity index (χ2n) is 7.44. The van der Waals surface area contributed by atoms with Gasteiger partial charge in [-0.25, -0.2) is 9.97 Å². The molecule has 1 atom stereocenters. The van der Waals surface area contributed by atoms with Crippen molar-refractivity contribution in [3.05, 3.63) is 54.1 Å². The van der Waals surface area contributed by atoms with Gasteiger partial charge in [-0.05, 0) is 30.0 Å². The summed E-state index contributed by atoms with van der Waals surface area (Å²) in [5.74, 6) is 0.174. The van der Waals surface area contributed by atoms with Gasteiger partial charge in [-0.2, -0.15) is 0 Å². The first-order chi connectivity index (χ1) is 12.3. The van der Waals surface area contributed by atoms with Crippen molar-refractivity contribution >= 4 is 22.7 Å². The summed E-state index contributed by atoms with van der Waals surface area (Å²) in [5.41, 5.74) is 2.99. The number of aliphatic carboxylic acids is 1. The van der Waals surface area contributed by atoms with Gasteiger partial charge in [-0.1, -0.05) is 57.2 Å². The number of anilines is 1. The van der Waals surface area contributed by atoms with Crippen molar-refractivity contribution in [1.82, 2.24) is 9.97 Å². The second-order valence-corrected chi connectivity index (χ2v) is 7.44. The van der Waals surface area contributed by atoms with E-state index in [9.17, 15) is 9.90 Å². The number of nitrogens with zero attached hydrogens (tertiary/aromatic N) is 2. The average molecular weight is 349 g/mol. The summed E-state index contributed by atoms with van der Waals surface area (Å²) in [6.45, 7) is 8.11. The van der Waals surface area contributed by atoms with Gasteiger partial charge in [0.2, 0.25) is 0 Å². The number of fused-ring (bicyclic) bond motifs is 1. The van der Waals surface area contributed by atoms with Crippen LogP contribution in [0.15, 0.2) is 48.5 Å². The highest BCUT2D eigenvalue weighted by atomic mass is 16.4. The molecule has 0 aliphatic heterocycles. The molecule has 0 aliphatic carbocycles. The number of para-hydroxylation sites is 1. The zero-order valence-electron chi connectivity index (χ0n) is 15.4. The van der Waals surface area contributed by atoms with E-state index in [0.29, 0.717) is 11.6 Å². The largest absolute Gasteiger partial charge is 0.480 e. The molecular formula is C21H23N3O2. The Morgan fingerprint density at radius 3 is 2.31 bits per heavy atom. The molecule has 134 valence electrons. The standard InChI is InChI=1S/C21H23N3O2/c1-13(20(25)26)22-19-16-7-5-6-8-17(16)23-18(24-19)14-9-11-15(12-10-14)21(2,3)4/h5-13H,1-4H3,(H,25,26)(H,22,23,24)/t13-/m1/s1. The summed E-state index contributed by atoms with van der Waals surface area (Å²) in [4.78, 5) is 20.5. The Kier molecular flexibility index (Phi) is 4.64. The third-order valence-electron chi connectivity index (χ3n) is 4.34. The molecule has 0 aliphatic rings. The fraction of sp³-hybridized carbons (Fsp3) is 0.286. The number of rotatable bonds is 4. The van der Waals surface area contributed by atoms with Gasteiger partial charge in [0.25, 0.3) is 0 Å². The lowest BCUT2D eigenvalue weighted by Gasteiger charge is -2.19. The Balaban J connectivity index is 2.07. The van der Waals surface area contributed by atoms with Crippen molar-refractivity contribution in [2.24, 2.45) is 0 Å². The molecule has 2 N–H and O–H groups in total. The zero-order chi connectivity index (χ0) is 18.9. The first-order valence-electron chi connectivity index (χ1n) is 8.63. The van der Waals surface area contributed by atoms with E-state index in [1.165, 1.54) is 5.56 Å². The minimum Gasteiger partial charge on any atom is -0.480 e. The molecule has 0 saturated heterocycles.